The molecule has 0 aromatic carbocycles. The standard InChI is InChI=1S/C18H22ClN5O3/c1-11-3-4-14(20-11)18(26)21-13-5-7-24(8-6-13)16-10-12(9-15(19)22-16)17(25)23-27-2/h3-4,9-10,13,20H,5-8H2,1-2H3,(H,21,26)(H,23,25). The number of aryl methyl sites for hydroxylation is 1. The second kappa shape index (κ2) is 8.41. The number of amides is 2. The van der Waals surface area contributed by atoms with Gasteiger partial charge in [0.25, 0.3) is 11.8 Å². The number of nitrogens with one attached hydrogen (secondary N) is 3. The van der Waals surface area contributed by atoms with E-state index in [2.05, 4.69) is 30.5 Å². The Morgan fingerprint density at radius 1 is 1.26 bits per heavy atom. The van der Waals surface area contributed by atoms with Crippen LogP contribution < -0.4 is 15.7 Å². The van der Waals surface area contributed by atoms with Gasteiger partial charge in [-0.3, -0.25) is 14.4 Å². The summed E-state index contributed by atoms with van der Waals surface area (Å²) < 4.78 is 0. The zero-order valence-electron chi connectivity index (χ0n) is 15.2. The molecule has 1 saturated heterocycles. The fourth-order valence-corrected chi connectivity index (χ4v) is 3.28. The number of pyridine rings is 1. The van der Waals surface area contributed by atoms with Crippen molar-refractivity contribution in [2.45, 2.75) is 25.8 Å². The van der Waals surface area contributed by atoms with Gasteiger partial charge in [0.1, 0.15) is 16.7 Å². The van der Waals surface area contributed by atoms with Gasteiger partial charge in [-0.25, -0.2) is 10.5 Å². The molecule has 144 valence electrons. The molecule has 1 aliphatic rings. The normalized spacial score (nSPS) is 14.9. The van der Waals surface area contributed by atoms with Crippen molar-refractivity contribution in [1.29, 1.82) is 0 Å². The molecule has 0 saturated carbocycles. The lowest BCUT2D eigenvalue weighted by Gasteiger charge is -2.33. The lowest BCUT2D eigenvalue weighted by molar-refractivity contribution is 0.0537. The highest BCUT2D eigenvalue weighted by atomic mass is 35.5. The molecule has 0 aliphatic carbocycles. The van der Waals surface area contributed by atoms with E-state index in [0.717, 1.165) is 18.5 Å². The van der Waals surface area contributed by atoms with E-state index in [-0.39, 0.29) is 23.0 Å². The number of aromatic amines is 1. The summed E-state index contributed by atoms with van der Waals surface area (Å²) in [5.41, 5.74) is 4.17. The summed E-state index contributed by atoms with van der Waals surface area (Å²) in [7, 11) is 1.37. The average molecular weight is 392 g/mol. The number of carbonyl (C=O) groups excluding carboxylic acids is 2. The van der Waals surface area contributed by atoms with Crippen LogP contribution in [-0.2, 0) is 4.84 Å². The number of rotatable bonds is 5. The van der Waals surface area contributed by atoms with Gasteiger partial charge in [-0.1, -0.05) is 11.6 Å². The third-order valence-electron chi connectivity index (χ3n) is 4.47. The summed E-state index contributed by atoms with van der Waals surface area (Å²) >= 11 is 6.06. The van der Waals surface area contributed by atoms with Crippen molar-refractivity contribution in [2.24, 2.45) is 0 Å². The molecule has 27 heavy (non-hydrogen) atoms. The molecule has 3 rings (SSSR count). The third-order valence-corrected chi connectivity index (χ3v) is 4.66. The van der Waals surface area contributed by atoms with Crippen LogP contribution in [0, 0.1) is 6.92 Å². The Bertz CT molecular complexity index is 830. The zero-order valence-corrected chi connectivity index (χ0v) is 16.0. The van der Waals surface area contributed by atoms with Crippen LogP contribution in [0.4, 0.5) is 5.82 Å². The number of carbonyl (C=O) groups is 2. The Hall–Kier alpha value is -2.58. The number of H-pyrrole nitrogens is 1. The highest BCUT2D eigenvalue weighted by Gasteiger charge is 2.23. The number of aromatic nitrogens is 2. The molecule has 0 spiro atoms. The predicted molar refractivity (Wildman–Crippen MR) is 102 cm³/mol. The van der Waals surface area contributed by atoms with Crippen molar-refractivity contribution in [3.05, 3.63) is 46.4 Å². The summed E-state index contributed by atoms with van der Waals surface area (Å²) in [5.74, 6) is 0.154. The van der Waals surface area contributed by atoms with Crippen molar-refractivity contribution >= 4 is 29.2 Å². The molecule has 2 aromatic heterocycles. The van der Waals surface area contributed by atoms with Gasteiger partial charge in [-0.2, -0.15) is 0 Å². The molecule has 0 bridgehead atoms. The SMILES string of the molecule is CONC(=O)c1cc(Cl)nc(N2CCC(NC(=O)c3ccc(C)[nH]3)CC2)c1. The lowest BCUT2D eigenvalue weighted by Crippen LogP contribution is -2.45. The van der Waals surface area contributed by atoms with Gasteiger partial charge < -0.3 is 15.2 Å². The quantitative estimate of drug-likeness (QED) is 0.535. The summed E-state index contributed by atoms with van der Waals surface area (Å²) in [5, 5.41) is 3.30. The largest absolute Gasteiger partial charge is 0.356 e. The maximum atomic E-state index is 12.3. The monoisotopic (exact) mass is 391 g/mol. The molecule has 3 heterocycles. The van der Waals surface area contributed by atoms with E-state index in [1.807, 2.05) is 13.0 Å². The van der Waals surface area contributed by atoms with Crippen LogP contribution in [0.5, 0.6) is 0 Å². The van der Waals surface area contributed by atoms with E-state index >= 15 is 0 Å². The molecule has 1 fully saturated rings. The minimum atomic E-state index is -0.383. The Labute approximate surface area is 162 Å². The fraction of sp³-hybridized carbons (Fsp3) is 0.389. The van der Waals surface area contributed by atoms with Crippen LogP contribution in [0.1, 0.15) is 39.4 Å². The Morgan fingerprint density at radius 2 is 2.00 bits per heavy atom. The molecular formula is C18H22ClN5O3. The van der Waals surface area contributed by atoms with Crippen LogP contribution >= 0.6 is 11.6 Å². The number of halogens is 1. The number of nitrogens with zero attached hydrogens (tertiary/aromatic N) is 2. The molecule has 1 aliphatic heterocycles. The van der Waals surface area contributed by atoms with Crippen molar-refractivity contribution in [1.82, 2.24) is 20.8 Å². The van der Waals surface area contributed by atoms with E-state index in [4.69, 9.17) is 11.6 Å². The summed E-state index contributed by atoms with van der Waals surface area (Å²) in [6, 6.07) is 6.92. The predicted octanol–water partition coefficient (Wildman–Crippen LogP) is 2.06. The van der Waals surface area contributed by atoms with Crippen LogP contribution in [0.25, 0.3) is 0 Å². The second-order valence-corrected chi connectivity index (χ2v) is 6.85. The minimum Gasteiger partial charge on any atom is -0.356 e. The Morgan fingerprint density at radius 3 is 2.63 bits per heavy atom. The highest BCUT2D eigenvalue weighted by Crippen LogP contribution is 2.22. The van der Waals surface area contributed by atoms with E-state index < -0.39 is 0 Å². The molecule has 2 amide bonds. The van der Waals surface area contributed by atoms with Gasteiger partial charge in [0.05, 0.1) is 7.11 Å². The molecular weight excluding hydrogens is 370 g/mol. The number of anilines is 1. The fourth-order valence-electron chi connectivity index (χ4n) is 3.08. The first-order chi connectivity index (χ1) is 13.0. The second-order valence-electron chi connectivity index (χ2n) is 6.46. The van der Waals surface area contributed by atoms with E-state index in [1.165, 1.54) is 13.2 Å². The maximum Gasteiger partial charge on any atom is 0.275 e. The van der Waals surface area contributed by atoms with E-state index in [0.29, 0.717) is 30.2 Å². The van der Waals surface area contributed by atoms with Crippen LogP contribution in [0.2, 0.25) is 5.15 Å². The van der Waals surface area contributed by atoms with Crippen molar-refractivity contribution in [2.75, 3.05) is 25.1 Å². The van der Waals surface area contributed by atoms with Crippen LogP contribution in [0.15, 0.2) is 24.3 Å². The summed E-state index contributed by atoms with van der Waals surface area (Å²) in [6.45, 7) is 3.31. The van der Waals surface area contributed by atoms with Gasteiger partial charge in [0.15, 0.2) is 0 Å². The van der Waals surface area contributed by atoms with Gasteiger partial charge in [-0.05, 0) is 44.0 Å². The first kappa shape index (κ1) is 19.2. The molecule has 8 nitrogen and oxygen atoms in total. The summed E-state index contributed by atoms with van der Waals surface area (Å²) in [6.07, 6.45) is 1.55. The highest BCUT2D eigenvalue weighted by molar-refractivity contribution is 6.29. The van der Waals surface area contributed by atoms with E-state index in [9.17, 15) is 9.59 Å². The molecule has 0 unspecified atom stereocenters. The van der Waals surface area contributed by atoms with E-state index in [1.54, 1.807) is 12.1 Å². The van der Waals surface area contributed by atoms with Gasteiger partial charge in [0, 0.05) is 30.4 Å². The zero-order chi connectivity index (χ0) is 19.4. The minimum absolute atomic E-state index is 0.0906. The molecule has 0 atom stereocenters. The Balaban J connectivity index is 1.60. The summed E-state index contributed by atoms with van der Waals surface area (Å²) in [4.78, 5) is 38.3. The smallest absolute Gasteiger partial charge is 0.275 e. The first-order valence-corrected chi connectivity index (χ1v) is 9.06. The number of piperidine rings is 1. The molecule has 9 heteroatoms. The maximum absolute atomic E-state index is 12.3. The van der Waals surface area contributed by atoms with Gasteiger partial charge in [0.2, 0.25) is 0 Å². The molecule has 2 aromatic rings. The van der Waals surface area contributed by atoms with Gasteiger partial charge in [-0.15, -0.1) is 0 Å². The number of hydroxylamine groups is 1. The van der Waals surface area contributed by atoms with Gasteiger partial charge >= 0.3 is 0 Å². The van der Waals surface area contributed by atoms with Crippen LogP contribution in [0.3, 0.4) is 0 Å². The van der Waals surface area contributed by atoms with Crippen molar-refractivity contribution < 1.29 is 14.4 Å². The Kier molecular flexibility index (Phi) is 5.98. The van der Waals surface area contributed by atoms with Crippen LogP contribution in [-0.4, -0.2) is 48.0 Å². The molecule has 0 radical (unpaired) electrons. The van der Waals surface area contributed by atoms with Crippen molar-refractivity contribution in [3.63, 3.8) is 0 Å². The number of hydrogen-bond acceptors (Lipinski definition) is 5. The molecule has 3 N–H and O–H groups in total. The lowest BCUT2D eigenvalue weighted by atomic mass is 10.0. The topological polar surface area (TPSA) is 99.3 Å². The third kappa shape index (κ3) is 4.78. The number of hydrogen-bond donors (Lipinski definition) is 3. The first-order valence-electron chi connectivity index (χ1n) is 8.68. The average Bonchev–Trinajstić information content (AvgIpc) is 3.08. The van der Waals surface area contributed by atoms with Crippen molar-refractivity contribution in [3.8, 4) is 0 Å².